The third-order valence-corrected chi connectivity index (χ3v) is 8.32. The van der Waals surface area contributed by atoms with Crippen LogP contribution in [0.25, 0.3) is 10.2 Å². The van der Waals surface area contributed by atoms with E-state index in [1.165, 1.54) is 0 Å². The number of hydrogen-bond acceptors (Lipinski definition) is 9. The summed E-state index contributed by atoms with van der Waals surface area (Å²) in [5.74, 6) is -4.43. The van der Waals surface area contributed by atoms with E-state index in [0.29, 0.717) is 5.56 Å². The minimum absolute atomic E-state index is 0.0295. The lowest BCUT2D eigenvalue weighted by atomic mass is 9.73. The van der Waals surface area contributed by atoms with Crippen LogP contribution in [-0.4, -0.2) is 64.3 Å². The average molecular weight is 524 g/mol. The molecule has 1 aromatic heterocycles. The zero-order valence-electron chi connectivity index (χ0n) is 21.2. The number of Topliss-reactive ketones (excluding diaryl/α,β-unsaturated/α-hetero) is 1. The van der Waals surface area contributed by atoms with Crippen molar-refractivity contribution in [3.63, 3.8) is 0 Å². The molecule has 2 N–H and O–H groups in total. The van der Waals surface area contributed by atoms with Crippen LogP contribution >= 0.6 is 11.3 Å². The number of alkyl halides is 1. The van der Waals surface area contributed by atoms with Gasteiger partial charge in [0.05, 0.1) is 45.9 Å². The van der Waals surface area contributed by atoms with Crippen LogP contribution in [0.1, 0.15) is 57.2 Å². The predicted octanol–water partition coefficient (Wildman–Crippen LogP) is 3.65. The van der Waals surface area contributed by atoms with Crippen molar-refractivity contribution in [1.82, 2.24) is 4.98 Å². The van der Waals surface area contributed by atoms with Gasteiger partial charge in [-0.15, -0.1) is 11.3 Å². The number of cyclic esters (lactones) is 1. The molecule has 8 nitrogen and oxygen atoms in total. The minimum atomic E-state index is -2.03. The number of hydrogen-bond donors (Lipinski definition) is 2. The Morgan fingerprint density at radius 2 is 1.92 bits per heavy atom. The molecule has 0 spiro atoms. The number of epoxide rings is 1. The standard InChI is InChI=1S/C26H34FNO7S/c1-13-11-33-12-26(27)21(35-26)9-18(16-6-7-19-17(8-16)28-15(3)36-19)34-22(30)10-20(29)25(4,5)24(32)14(2)23(13)31/h6-8,13-14,18,20-21,23,29,31H,9-12H2,1-5H3/t13-,14+,18-,20-,21?,23-,26?/m0/s1. The number of carbonyl (C=O) groups excluding carboxylic acids is 2. The molecular weight excluding hydrogens is 489 g/mol. The van der Waals surface area contributed by atoms with E-state index in [-0.39, 0.29) is 25.4 Å². The predicted molar refractivity (Wildman–Crippen MR) is 131 cm³/mol. The fourth-order valence-electron chi connectivity index (χ4n) is 4.76. The SMILES string of the molecule is Cc1nc2cc([C@@H]3CC4OC4(F)COC[C@H](C)[C@H](O)[C@@H](C)C(=O)C(C)(C)[C@@H](O)CC(=O)O3)ccc2s1. The zero-order valence-corrected chi connectivity index (χ0v) is 22.0. The van der Waals surface area contributed by atoms with Crippen molar-refractivity contribution in [3.05, 3.63) is 28.8 Å². The zero-order chi connectivity index (χ0) is 26.4. The summed E-state index contributed by atoms with van der Waals surface area (Å²) in [6, 6.07) is 5.50. The minimum Gasteiger partial charge on any atom is -0.457 e. The molecular formula is C26H34FNO7S. The number of aliphatic hydroxyl groups is 2. The van der Waals surface area contributed by atoms with E-state index >= 15 is 4.39 Å². The number of ether oxygens (including phenoxy) is 3. The summed E-state index contributed by atoms with van der Waals surface area (Å²) in [4.78, 5) is 30.6. The van der Waals surface area contributed by atoms with Gasteiger partial charge < -0.3 is 24.4 Å². The number of aryl methyl sites for hydroxylation is 1. The summed E-state index contributed by atoms with van der Waals surface area (Å²) in [6.45, 7) is 7.97. The van der Waals surface area contributed by atoms with Crippen LogP contribution in [0.5, 0.6) is 0 Å². The van der Waals surface area contributed by atoms with Crippen molar-refractivity contribution in [2.45, 2.75) is 77.7 Å². The van der Waals surface area contributed by atoms with Gasteiger partial charge in [0.1, 0.15) is 24.6 Å². The Labute approximate surface area is 213 Å². The Morgan fingerprint density at radius 1 is 1.19 bits per heavy atom. The fourth-order valence-corrected chi connectivity index (χ4v) is 5.57. The first-order valence-electron chi connectivity index (χ1n) is 12.2. The van der Waals surface area contributed by atoms with Crippen molar-refractivity contribution in [1.29, 1.82) is 0 Å². The van der Waals surface area contributed by atoms with E-state index in [1.54, 1.807) is 39.0 Å². The van der Waals surface area contributed by atoms with E-state index < -0.39 is 59.9 Å². The molecule has 2 fully saturated rings. The second-order valence-electron chi connectivity index (χ2n) is 10.6. The Hall–Kier alpha value is -1.98. The van der Waals surface area contributed by atoms with Gasteiger partial charge >= 0.3 is 5.97 Å². The van der Waals surface area contributed by atoms with E-state index in [9.17, 15) is 19.8 Å². The number of thiazole rings is 1. The van der Waals surface area contributed by atoms with E-state index in [0.717, 1.165) is 15.2 Å². The maximum atomic E-state index is 15.2. The van der Waals surface area contributed by atoms with Crippen LogP contribution in [0.3, 0.4) is 0 Å². The monoisotopic (exact) mass is 523 g/mol. The third-order valence-electron chi connectivity index (χ3n) is 7.37. The molecule has 2 aliphatic heterocycles. The number of aliphatic hydroxyl groups excluding tert-OH is 2. The highest BCUT2D eigenvalue weighted by molar-refractivity contribution is 7.18. The van der Waals surface area contributed by atoms with Gasteiger partial charge in [-0.1, -0.05) is 33.8 Å². The van der Waals surface area contributed by atoms with Crippen LogP contribution in [0, 0.1) is 24.2 Å². The molecule has 2 aromatic rings. The quantitative estimate of drug-likeness (QED) is 0.430. The number of esters is 1. The smallest absolute Gasteiger partial charge is 0.309 e. The first-order chi connectivity index (χ1) is 16.8. The summed E-state index contributed by atoms with van der Waals surface area (Å²) in [7, 11) is 0. The number of fused-ring (bicyclic) bond motifs is 2. The summed E-state index contributed by atoms with van der Waals surface area (Å²) < 4.78 is 32.7. The fraction of sp³-hybridized carbons (Fsp3) is 0.654. The average Bonchev–Trinajstić information content (AvgIpc) is 3.28. The normalized spacial score (nSPS) is 36.3. The molecule has 0 amide bonds. The van der Waals surface area contributed by atoms with Crippen LogP contribution in [0.2, 0.25) is 0 Å². The van der Waals surface area contributed by atoms with Gasteiger partial charge in [-0.2, -0.15) is 0 Å². The van der Waals surface area contributed by atoms with Gasteiger partial charge in [0.25, 0.3) is 5.85 Å². The summed E-state index contributed by atoms with van der Waals surface area (Å²) in [5.41, 5.74) is 0.0753. The molecule has 4 rings (SSSR count). The molecule has 0 bridgehead atoms. The topological polar surface area (TPSA) is 118 Å². The highest BCUT2D eigenvalue weighted by Crippen LogP contribution is 2.45. The number of rotatable bonds is 1. The number of nitrogens with zero attached hydrogens (tertiary/aromatic N) is 1. The molecule has 198 valence electrons. The lowest BCUT2D eigenvalue weighted by Crippen LogP contribution is -2.46. The van der Waals surface area contributed by atoms with Crippen LogP contribution in [0.15, 0.2) is 18.2 Å². The number of halogens is 1. The molecule has 36 heavy (non-hydrogen) atoms. The first kappa shape index (κ1) is 27.1. The van der Waals surface area contributed by atoms with Crippen molar-refractivity contribution in [3.8, 4) is 0 Å². The number of benzene rings is 1. The molecule has 0 aliphatic carbocycles. The second kappa shape index (κ2) is 10.1. The van der Waals surface area contributed by atoms with Gasteiger partial charge in [0.15, 0.2) is 0 Å². The lowest BCUT2D eigenvalue weighted by Gasteiger charge is -2.34. The molecule has 2 unspecified atom stereocenters. The van der Waals surface area contributed by atoms with Gasteiger partial charge in [-0.05, 0) is 24.6 Å². The van der Waals surface area contributed by atoms with Crippen LogP contribution < -0.4 is 0 Å². The molecule has 0 saturated carbocycles. The molecule has 10 heteroatoms. The Balaban J connectivity index is 1.61. The molecule has 0 radical (unpaired) electrons. The Morgan fingerprint density at radius 3 is 2.64 bits per heavy atom. The summed E-state index contributed by atoms with van der Waals surface area (Å²) in [5, 5.41) is 22.4. The maximum Gasteiger partial charge on any atom is 0.309 e. The maximum absolute atomic E-state index is 15.2. The largest absolute Gasteiger partial charge is 0.457 e. The molecule has 7 atom stereocenters. The first-order valence-corrected chi connectivity index (χ1v) is 13.0. The second-order valence-corrected chi connectivity index (χ2v) is 11.9. The van der Waals surface area contributed by atoms with Crippen LogP contribution in [-0.2, 0) is 23.8 Å². The molecule has 2 aliphatic rings. The van der Waals surface area contributed by atoms with Gasteiger partial charge in [0, 0.05) is 18.3 Å². The Kier molecular flexibility index (Phi) is 7.56. The Bertz CT molecular complexity index is 1140. The molecule has 1 aromatic carbocycles. The molecule has 2 saturated heterocycles. The molecule has 3 heterocycles. The van der Waals surface area contributed by atoms with Crippen molar-refractivity contribution in [2.75, 3.05) is 13.2 Å². The van der Waals surface area contributed by atoms with Gasteiger partial charge in [0.2, 0.25) is 0 Å². The van der Waals surface area contributed by atoms with E-state index in [4.69, 9.17) is 14.2 Å². The summed E-state index contributed by atoms with van der Waals surface area (Å²) in [6.07, 6.45) is -4.48. The third kappa shape index (κ3) is 5.47. The number of carbonyl (C=O) groups is 2. The highest BCUT2D eigenvalue weighted by Gasteiger charge is 2.59. The van der Waals surface area contributed by atoms with E-state index in [2.05, 4.69) is 4.98 Å². The van der Waals surface area contributed by atoms with Gasteiger partial charge in [-0.3, -0.25) is 9.59 Å². The number of ketones is 1. The lowest BCUT2D eigenvalue weighted by molar-refractivity contribution is -0.156. The van der Waals surface area contributed by atoms with Crippen LogP contribution in [0.4, 0.5) is 4.39 Å². The van der Waals surface area contributed by atoms with Crippen molar-refractivity contribution >= 4 is 33.3 Å². The van der Waals surface area contributed by atoms with E-state index in [1.807, 2.05) is 25.1 Å². The van der Waals surface area contributed by atoms with Crippen molar-refractivity contribution in [2.24, 2.45) is 17.3 Å². The van der Waals surface area contributed by atoms with Crippen molar-refractivity contribution < 1.29 is 38.4 Å². The highest BCUT2D eigenvalue weighted by atomic mass is 32.1. The number of aromatic nitrogens is 1. The van der Waals surface area contributed by atoms with Gasteiger partial charge in [-0.25, -0.2) is 9.37 Å². The summed E-state index contributed by atoms with van der Waals surface area (Å²) >= 11 is 1.54.